The lowest BCUT2D eigenvalue weighted by Gasteiger charge is -2.11. The van der Waals surface area contributed by atoms with E-state index in [-0.39, 0.29) is 19.0 Å². The molecule has 0 fully saturated rings. The van der Waals surface area contributed by atoms with Gasteiger partial charge in [-0.25, -0.2) is 9.37 Å². The number of aliphatic hydroxyl groups is 2. The minimum absolute atomic E-state index is 0.191. The van der Waals surface area contributed by atoms with Gasteiger partial charge in [0.05, 0.1) is 6.61 Å². The van der Waals surface area contributed by atoms with Gasteiger partial charge in [-0.3, -0.25) is 0 Å². The second-order valence-electron chi connectivity index (χ2n) is 6.12. The van der Waals surface area contributed by atoms with Gasteiger partial charge in [0, 0.05) is 23.5 Å². The molecule has 3 rings (SSSR count). The molecule has 1 unspecified atom stereocenters. The molecule has 138 valence electrons. The predicted octanol–water partition coefficient (Wildman–Crippen LogP) is 3.33. The molecule has 1 atom stereocenters. The van der Waals surface area contributed by atoms with Gasteiger partial charge in [0.1, 0.15) is 24.3 Å². The molecule has 2 aromatic carbocycles. The smallest absolute Gasteiger partial charge is 0.135 e. The van der Waals surface area contributed by atoms with E-state index in [0.717, 1.165) is 23.1 Å². The molecule has 27 heavy (non-hydrogen) atoms. The lowest BCUT2D eigenvalue weighted by molar-refractivity contribution is 0.235. The maximum atomic E-state index is 14.3. The average molecular weight is 364 g/mol. The Morgan fingerprint density at radius 1 is 1.15 bits per heavy atom. The van der Waals surface area contributed by atoms with Crippen LogP contribution in [0.25, 0.3) is 11.1 Å². The van der Waals surface area contributed by atoms with Gasteiger partial charge >= 0.3 is 0 Å². The molecule has 2 N–H and O–H groups in total. The third-order valence-electron chi connectivity index (χ3n) is 4.42. The summed E-state index contributed by atoms with van der Waals surface area (Å²) in [6.45, 7) is 1.58. The molecule has 3 aromatic rings. The number of halogens is 1. The van der Waals surface area contributed by atoms with Gasteiger partial charge in [0.2, 0.25) is 0 Å². The van der Waals surface area contributed by atoms with Crippen molar-refractivity contribution < 1.29 is 14.6 Å². The van der Waals surface area contributed by atoms with Crippen molar-refractivity contribution in [3.05, 3.63) is 77.6 Å². The maximum absolute atomic E-state index is 14.3. The van der Waals surface area contributed by atoms with Crippen LogP contribution < -0.4 is 0 Å². The summed E-state index contributed by atoms with van der Waals surface area (Å²) in [6.07, 6.45) is 4.03. The lowest BCUT2D eigenvalue weighted by Crippen LogP contribution is -2.13. The van der Waals surface area contributed by atoms with Crippen LogP contribution in [-0.2, 0) is 13.0 Å². The van der Waals surface area contributed by atoms with Crippen molar-refractivity contribution in [3.8, 4) is 23.0 Å². The second kappa shape index (κ2) is 8.63. The molecule has 0 radical (unpaired) electrons. The Kier molecular flexibility index (Phi) is 6.02. The van der Waals surface area contributed by atoms with Gasteiger partial charge < -0.3 is 14.8 Å². The van der Waals surface area contributed by atoms with Crippen LogP contribution in [0.4, 0.5) is 4.39 Å². The molecule has 0 bridgehead atoms. The lowest BCUT2D eigenvalue weighted by atomic mass is 10.0. The second-order valence-corrected chi connectivity index (χ2v) is 6.12. The van der Waals surface area contributed by atoms with E-state index in [9.17, 15) is 14.6 Å². The number of hydrogen-bond donors (Lipinski definition) is 2. The summed E-state index contributed by atoms with van der Waals surface area (Å²) in [5.41, 5.74) is 3.08. The highest BCUT2D eigenvalue weighted by molar-refractivity contribution is 5.65. The van der Waals surface area contributed by atoms with E-state index in [4.69, 9.17) is 0 Å². The number of hydrogen-bond acceptors (Lipinski definition) is 3. The molecule has 1 heterocycles. The van der Waals surface area contributed by atoms with Crippen molar-refractivity contribution in [1.82, 2.24) is 9.55 Å². The van der Waals surface area contributed by atoms with Gasteiger partial charge in [-0.15, -0.1) is 0 Å². The topological polar surface area (TPSA) is 58.3 Å². The molecule has 0 aliphatic carbocycles. The fraction of sp³-hybridized carbons (Fsp3) is 0.227. The van der Waals surface area contributed by atoms with Crippen molar-refractivity contribution in [2.75, 3.05) is 6.61 Å². The van der Waals surface area contributed by atoms with Gasteiger partial charge in [0.15, 0.2) is 0 Å². The Morgan fingerprint density at radius 3 is 2.56 bits per heavy atom. The van der Waals surface area contributed by atoms with Crippen LogP contribution in [0, 0.1) is 17.7 Å². The zero-order chi connectivity index (χ0) is 19.2. The highest BCUT2D eigenvalue weighted by atomic mass is 19.1. The summed E-state index contributed by atoms with van der Waals surface area (Å²) in [6, 6.07) is 12.1. The third kappa shape index (κ3) is 4.25. The van der Waals surface area contributed by atoms with Crippen LogP contribution >= 0.6 is 0 Å². The first kappa shape index (κ1) is 18.8. The van der Waals surface area contributed by atoms with Crippen LogP contribution in [0.1, 0.15) is 29.9 Å². The molecule has 1 aromatic heterocycles. The SMILES string of the molecule is CCc1ccc(-c2ccc(C#CC(CO)n3ccnc3CO)cc2)c(F)c1. The fourth-order valence-corrected chi connectivity index (χ4v) is 2.87. The van der Waals surface area contributed by atoms with E-state index < -0.39 is 6.04 Å². The Labute approximate surface area is 157 Å². The quantitative estimate of drug-likeness (QED) is 0.683. The first-order valence-corrected chi connectivity index (χ1v) is 8.80. The maximum Gasteiger partial charge on any atom is 0.135 e. The van der Waals surface area contributed by atoms with E-state index in [1.165, 1.54) is 0 Å². The summed E-state index contributed by atoms with van der Waals surface area (Å²) in [4.78, 5) is 4.02. The Morgan fingerprint density at radius 2 is 1.93 bits per heavy atom. The number of imidazole rings is 1. The Balaban J connectivity index is 1.81. The zero-order valence-corrected chi connectivity index (χ0v) is 15.1. The van der Waals surface area contributed by atoms with Crippen molar-refractivity contribution >= 4 is 0 Å². The first-order valence-electron chi connectivity index (χ1n) is 8.80. The standard InChI is InChI=1S/C22H21FN2O2/c1-2-16-6-10-20(21(23)13-16)18-7-3-17(4-8-18)5-9-19(14-26)25-12-11-24-22(25)15-27/h3-4,6-8,10-13,19,26-27H,2,14-15H2,1H3. The summed E-state index contributed by atoms with van der Waals surface area (Å²) in [5.74, 6) is 6.22. The molecule has 0 spiro atoms. The van der Waals surface area contributed by atoms with E-state index in [1.807, 2.05) is 37.3 Å². The van der Waals surface area contributed by atoms with Gasteiger partial charge in [0.25, 0.3) is 0 Å². The van der Waals surface area contributed by atoms with E-state index in [2.05, 4.69) is 16.8 Å². The van der Waals surface area contributed by atoms with Crippen LogP contribution in [0.3, 0.4) is 0 Å². The van der Waals surface area contributed by atoms with Gasteiger partial charge in [-0.2, -0.15) is 0 Å². The number of aryl methyl sites for hydroxylation is 1. The zero-order valence-electron chi connectivity index (χ0n) is 15.1. The summed E-state index contributed by atoms with van der Waals surface area (Å²) in [5, 5.41) is 18.9. The Bertz CT molecular complexity index is 968. The van der Waals surface area contributed by atoms with Crippen LogP contribution in [-0.4, -0.2) is 26.4 Å². The summed E-state index contributed by atoms with van der Waals surface area (Å²) < 4.78 is 15.9. The van der Waals surface area contributed by atoms with Crippen molar-refractivity contribution in [1.29, 1.82) is 0 Å². The van der Waals surface area contributed by atoms with E-state index in [1.54, 1.807) is 29.1 Å². The first-order chi connectivity index (χ1) is 13.2. The Hall–Kier alpha value is -2.94. The molecular weight excluding hydrogens is 343 g/mol. The fourth-order valence-electron chi connectivity index (χ4n) is 2.87. The molecule has 4 nitrogen and oxygen atoms in total. The molecule has 0 amide bonds. The normalized spacial score (nSPS) is 11.7. The monoisotopic (exact) mass is 364 g/mol. The minimum atomic E-state index is -0.492. The summed E-state index contributed by atoms with van der Waals surface area (Å²) >= 11 is 0. The number of aromatic nitrogens is 2. The van der Waals surface area contributed by atoms with Crippen molar-refractivity contribution in [2.24, 2.45) is 0 Å². The minimum Gasteiger partial charge on any atom is -0.393 e. The van der Waals surface area contributed by atoms with Crippen LogP contribution in [0.5, 0.6) is 0 Å². The molecule has 5 heteroatoms. The van der Waals surface area contributed by atoms with E-state index >= 15 is 0 Å². The highest BCUT2D eigenvalue weighted by Gasteiger charge is 2.10. The van der Waals surface area contributed by atoms with Gasteiger partial charge in [-0.05, 0) is 35.7 Å². The molecule has 0 saturated heterocycles. The number of benzene rings is 2. The largest absolute Gasteiger partial charge is 0.393 e. The predicted molar refractivity (Wildman–Crippen MR) is 102 cm³/mol. The molecule has 0 aliphatic heterocycles. The number of rotatable bonds is 5. The van der Waals surface area contributed by atoms with Crippen molar-refractivity contribution in [3.63, 3.8) is 0 Å². The van der Waals surface area contributed by atoms with E-state index in [0.29, 0.717) is 11.4 Å². The van der Waals surface area contributed by atoms with Crippen molar-refractivity contribution in [2.45, 2.75) is 26.0 Å². The number of aliphatic hydroxyl groups excluding tert-OH is 2. The molecule has 0 saturated carbocycles. The summed E-state index contributed by atoms with van der Waals surface area (Å²) in [7, 11) is 0. The van der Waals surface area contributed by atoms with Crippen LogP contribution in [0.15, 0.2) is 54.9 Å². The average Bonchev–Trinajstić information content (AvgIpc) is 3.17. The molecule has 0 aliphatic rings. The third-order valence-corrected chi connectivity index (χ3v) is 4.42. The van der Waals surface area contributed by atoms with Gasteiger partial charge in [-0.1, -0.05) is 43.0 Å². The number of nitrogens with zero attached hydrogens (tertiary/aromatic N) is 2. The van der Waals surface area contributed by atoms with Crippen LogP contribution in [0.2, 0.25) is 0 Å². The highest BCUT2D eigenvalue weighted by Crippen LogP contribution is 2.24. The molecular formula is C22H21FN2O2.